The number of aromatic nitrogens is 2. The topological polar surface area (TPSA) is 43.8 Å². The van der Waals surface area contributed by atoms with E-state index in [-0.39, 0.29) is 0 Å². The SMILES string of the molecule is Nc1cn(Cc2ccccc2Br)nc1-c1ccc(Br)s1. The molecule has 0 amide bonds. The Morgan fingerprint density at radius 3 is 2.65 bits per heavy atom. The van der Waals surface area contributed by atoms with Crippen LogP contribution in [0.25, 0.3) is 10.6 Å². The van der Waals surface area contributed by atoms with Crippen LogP contribution in [0, 0.1) is 0 Å². The third-order valence-corrected chi connectivity index (χ3v) is 5.29. The van der Waals surface area contributed by atoms with E-state index in [1.165, 1.54) is 5.56 Å². The first-order chi connectivity index (χ1) is 9.63. The van der Waals surface area contributed by atoms with Gasteiger partial charge in [-0.3, -0.25) is 4.68 Å². The Hall–Kier alpha value is -1.11. The molecule has 3 aromatic rings. The summed E-state index contributed by atoms with van der Waals surface area (Å²) in [5.41, 5.74) is 8.79. The predicted octanol–water partition coefficient (Wildman–Crippen LogP) is 4.77. The van der Waals surface area contributed by atoms with Gasteiger partial charge in [-0.25, -0.2) is 0 Å². The minimum atomic E-state index is 0.693. The van der Waals surface area contributed by atoms with Gasteiger partial charge in [0.25, 0.3) is 0 Å². The second-order valence-corrected chi connectivity index (χ2v) is 7.64. The van der Waals surface area contributed by atoms with Crippen LogP contribution in [0.1, 0.15) is 5.56 Å². The van der Waals surface area contributed by atoms with Crippen molar-refractivity contribution in [2.45, 2.75) is 6.54 Å². The van der Waals surface area contributed by atoms with Gasteiger partial charge in [-0.05, 0) is 39.7 Å². The van der Waals surface area contributed by atoms with Gasteiger partial charge in [0.05, 0.1) is 20.9 Å². The smallest absolute Gasteiger partial charge is 0.125 e. The summed E-state index contributed by atoms with van der Waals surface area (Å²) in [5.74, 6) is 0. The second-order valence-electron chi connectivity index (χ2n) is 4.33. The van der Waals surface area contributed by atoms with Gasteiger partial charge in [0.2, 0.25) is 0 Å². The fraction of sp³-hybridized carbons (Fsp3) is 0.0714. The van der Waals surface area contributed by atoms with Crippen molar-refractivity contribution in [2.75, 3.05) is 5.73 Å². The molecule has 0 aliphatic heterocycles. The van der Waals surface area contributed by atoms with Crippen LogP contribution >= 0.6 is 43.2 Å². The Balaban J connectivity index is 1.91. The molecule has 2 aromatic heterocycles. The highest BCUT2D eigenvalue weighted by Crippen LogP contribution is 2.33. The van der Waals surface area contributed by atoms with Gasteiger partial charge < -0.3 is 5.73 Å². The molecular weight excluding hydrogens is 402 g/mol. The van der Waals surface area contributed by atoms with Gasteiger partial charge in [-0.2, -0.15) is 5.10 Å². The number of hydrogen-bond donors (Lipinski definition) is 1. The van der Waals surface area contributed by atoms with Crippen LogP contribution in [0.3, 0.4) is 0 Å². The number of halogens is 2. The fourth-order valence-electron chi connectivity index (χ4n) is 1.95. The summed E-state index contributed by atoms with van der Waals surface area (Å²) in [4.78, 5) is 1.07. The van der Waals surface area contributed by atoms with Gasteiger partial charge in [-0.1, -0.05) is 34.1 Å². The van der Waals surface area contributed by atoms with Crippen LogP contribution < -0.4 is 5.73 Å². The van der Waals surface area contributed by atoms with Crippen molar-refractivity contribution in [3.63, 3.8) is 0 Å². The van der Waals surface area contributed by atoms with Crippen molar-refractivity contribution in [1.29, 1.82) is 0 Å². The normalized spacial score (nSPS) is 10.9. The number of nitrogens with zero attached hydrogens (tertiary/aromatic N) is 2. The monoisotopic (exact) mass is 411 g/mol. The Morgan fingerprint density at radius 1 is 1.15 bits per heavy atom. The van der Waals surface area contributed by atoms with Gasteiger partial charge in [0.1, 0.15) is 5.69 Å². The molecule has 0 unspecified atom stereocenters. The molecule has 0 aliphatic rings. The lowest BCUT2D eigenvalue weighted by Crippen LogP contribution is -2.00. The van der Waals surface area contributed by atoms with E-state index in [2.05, 4.69) is 43.0 Å². The molecule has 0 bridgehead atoms. The summed E-state index contributed by atoms with van der Waals surface area (Å²) in [7, 11) is 0. The summed E-state index contributed by atoms with van der Waals surface area (Å²) in [6.07, 6.45) is 1.88. The largest absolute Gasteiger partial charge is 0.396 e. The lowest BCUT2D eigenvalue weighted by atomic mass is 10.2. The molecule has 3 rings (SSSR count). The van der Waals surface area contributed by atoms with Crippen molar-refractivity contribution >= 4 is 48.9 Å². The first-order valence-corrected chi connectivity index (χ1v) is 8.36. The Bertz CT molecular complexity index is 748. The third-order valence-electron chi connectivity index (χ3n) is 2.89. The maximum absolute atomic E-state index is 6.07. The van der Waals surface area contributed by atoms with Crippen molar-refractivity contribution in [3.8, 4) is 10.6 Å². The molecule has 6 heteroatoms. The van der Waals surface area contributed by atoms with Crippen molar-refractivity contribution in [2.24, 2.45) is 0 Å². The lowest BCUT2D eigenvalue weighted by molar-refractivity contribution is 0.688. The molecule has 0 saturated heterocycles. The van der Waals surface area contributed by atoms with Gasteiger partial charge in [0.15, 0.2) is 0 Å². The highest BCUT2D eigenvalue weighted by molar-refractivity contribution is 9.11. The summed E-state index contributed by atoms with van der Waals surface area (Å²) in [6.45, 7) is 0.693. The van der Waals surface area contributed by atoms with Crippen molar-refractivity contribution < 1.29 is 0 Å². The van der Waals surface area contributed by atoms with E-state index in [4.69, 9.17) is 5.73 Å². The Morgan fingerprint density at radius 2 is 1.95 bits per heavy atom. The van der Waals surface area contributed by atoms with Gasteiger partial charge in [-0.15, -0.1) is 11.3 Å². The molecule has 1 aromatic carbocycles. The molecule has 2 heterocycles. The van der Waals surface area contributed by atoms with E-state index in [1.54, 1.807) is 11.3 Å². The molecule has 0 spiro atoms. The number of nitrogens with two attached hydrogens (primary N) is 1. The number of nitrogen functional groups attached to an aromatic ring is 1. The molecule has 102 valence electrons. The highest BCUT2D eigenvalue weighted by Gasteiger charge is 2.11. The number of anilines is 1. The van der Waals surface area contributed by atoms with Crippen LogP contribution in [-0.2, 0) is 6.54 Å². The Kier molecular flexibility index (Phi) is 3.96. The first-order valence-electron chi connectivity index (χ1n) is 5.95. The molecule has 0 radical (unpaired) electrons. The minimum Gasteiger partial charge on any atom is -0.396 e. The summed E-state index contributed by atoms with van der Waals surface area (Å²) >= 11 is 8.64. The van der Waals surface area contributed by atoms with E-state index in [0.717, 1.165) is 18.8 Å². The quantitative estimate of drug-likeness (QED) is 0.673. The van der Waals surface area contributed by atoms with Crippen LogP contribution in [0.4, 0.5) is 5.69 Å². The van der Waals surface area contributed by atoms with Crippen LogP contribution in [-0.4, -0.2) is 9.78 Å². The predicted molar refractivity (Wildman–Crippen MR) is 90.9 cm³/mol. The van der Waals surface area contributed by atoms with E-state index in [9.17, 15) is 0 Å². The number of hydrogen-bond acceptors (Lipinski definition) is 3. The average molecular weight is 413 g/mol. The van der Waals surface area contributed by atoms with E-state index >= 15 is 0 Å². The molecule has 0 fully saturated rings. The van der Waals surface area contributed by atoms with E-state index < -0.39 is 0 Å². The van der Waals surface area contributed by atoms with Crippen LogP contribution in [0.15, 0.2) is 50.9 Å². The summed E-state index contributed by atoms with van der Waals surface area (Å²) < 4.78 is 4.03. The molecule has 0 atom stereocenters. The van der Waals surface area contributed by atoms with Crippen LogP contribution in [0.2, 0.25) is 0 Å². The molecule has 0 saturated carbocycles. The first kappa shape index (κ1) is 13.9. The minimum absolute atomic E-state index is 0.693. The number of thiophene rings is 1. The molecule has 20 heavy (non-hydrogen) atoms. The Labute approximate surface area is 137 Å². The maximum atomic E-state index is 6.07. The average Bonchev–Trinajstić information content (AvgIpc) is 2.98. The lowest BCUT2D eigenvalue weighted by Gasteiger charge is -2.03. The number of rotatable bonds is 3. The summed E-state index contributed by atoms with van der Waals surface area (Å²) in [6, 6.07) is 12.1. The maximum Gasteiger partial charge on any atom is 0.125 e. The van der Waals surface area contributed by atoms with Gasteiger partial charge in [0, 0.05) is 10.7 Å². The van der Waals surface area contributed by atoms with Crippen molar-refractivity contribution in [3.05, 3.63) is 56.4 Å². The third kappa shape index (κ3) is 2.82. The zero-order valence-corrected chi connectivity index (χ0v) is 14.4. The molecule has 0 aliphatic carbocycles. The molecule has 3 nitrogen and oxygen atoms in total. The molecule has 2 N–H and O–H groups in total. The van der Waals surface area contributed by atoms with Gasteiger partial charge >= 0.3 is 0 Å². The zero-order valence-electron chi connectivity index (χ0n) is 10.4. The van der Waals surface area contributed by atoms with Crippen LogP contribution in [0.5, 0.6) is 0 Å². The highest BCUT2D eigenvalue weighted by atomic mass is 79.9. The van der Waals surface area contributed by atoms with Crippen molar-refractivity contribution in [1.82, 2.24) is 9.78 Å². The fourth-order valence-corrected chi connectivity index (χ4v) is 3.76. The standard InChI is InChI=1S/C14H11Br2N3S/c15-10-4-2-1-3-9(10)7-19-8-11(17)14(18-19)12-5-6-13(16)20-12/h1-6,8H,7,17H2. The second kappa shape index (κ2) is 5.71. The zero-order chi connectivity index (χ0) is 14.1. The number of benzene rings is 1. The van der Waals surface area contributed by atoms with E-state index in [0.29, 0.717) is 12.2 Å². The molecular formula is C14H11Br2N3S. The van der Waals surface area contributed by atoms with E-state index in [1.807, 2.05) is 41.2 Å². The summed E-state index contributed by atoms with van der Waals surface area (Å²) in [5, 5.41) is 4.59.